The molecule has 0 fully saturated rings. The number of H-pyrrole nitrogens is 2. The van der Waals surface area contributed by atoms with E-state index in [1.807, 2.05) is 48.5 Å². The zero-order valence-electron chi connectivity index (χ0n) is 22.7. The van der Waals surface area contributed by atoms with Crippen LogP contribution in [0.4, 0.5) is 0 Å². The lowest BCUT2D eigenvalue weighted by Crippen LogP contribution is -2.16. The van der Waals surface area contributed by atoms with E-state index in [-0.39, 0.29) is 21.7 Å². The molecule has 0 spiro atoms. The molecule has 0 aliphatic rings. The molecule has 2 N–H and O–H groups in total. The largest absolute Gasteiger partial charge is 0.354 e. The first-order chi connectivity index (χ1) is 17.9. The number of hydrogen-bond acceptors (Lipinski definition) is 2. The number of pyridine rings is 2. The Labute approximate surface area is 221 Å². The van der Waals surface area contributed by atoms with E-state index < -0.39 is 0 Å². The lowest BCUT2D eigenvalue weighted by atomic mass is 9.78. The topological polar surface area (TPSA) is 65.7 Å². The summed E-state index contributed by atoms with van der Waals surface area (Å²) in [6.07, 6.45) is 0. The molecule has 2 heterocycles. The van der Waals surface area contributed by atoms with Crippen LogP contribution in [0.3, 0.4) is 0 Å². The van der Waals surface area contributed by atoms with Gasteiger partial charge in [0.05, 0.1) is 21.9 Å². The van der Waals surface area contributed by atoms with Crippen molar-refractivity contribution in [3.05, 3.63) is 104 Å². The minimum Gasteiger partial charge on any atom is -0.354 e. The second kappa shape index (κ2) is 8.16. The van der Waals surface area contributed by atoms with Gasteiger partial charge in [-0.2, -0.15) is 0 Å². The molecule has 4 aromatic carbocycles. The smallest absolute Gasteiger partial charge is 0.197 e. The van der Waals surface area contributed by atoms with Crippen molar-refractivity contribution in [3.63, 3.8) is 0 Å². The van der Waals surface area contributed by atoms with E-state index in [1.165, 1.54) is 11.1 Å². The van der Waals surface area contributed by atoms with Crippen LogP contribution in [0.1, 0.15) is 52.7 Å². The third-order valence-electron chi connectivity index (χ3n) is 7.62. The van der Waals surface area contributed by atoms with Crippen LogP contribution in [0, 0.1) is 0 Å². The van der Waals surface area contributed by atoms with Crippen LogP contribution >= 0.6 is 0 Å². The van der Waals surface area contributed by atoms with E-state index in [0.717, 1.165) is 22.2 Å². The number of aromatic amines is 2. The van der Waals surface area contributed by atoms with Crippen molar-refractivity contribution in [2.24, 2.45) is 0 Å². The highest BCUT2D eigenvalue weighted by Gasteiger charge is 2.22. The molecular formula is C34H32N2O2. The van der Waals surface area contributed by atoms with Gasteiger partial charge in [0.1, 0.15) is 0 Å². The Morgan fingerprint density at radius 3 is 1.71 bits per heavy atom. The second-order valence-electron chi connectivity index (χ2n) is 12.4. The lowest BCUT2D eigenvalue weighted by Gasteiger charge is -2.26. The zero-order chi connectivity index (χ0) is 27.0. The fraction of sp³-hybridized carbons (Fsp3) is 0.235. The second-order valence-corrected chi connectivity index (χ2v) is 12.4. The van der Waals surface area contributed by atoms with Gasteiger partial charge in [-0.15, -0.1) is 0 Å². The number of nitrogens with one attached hydrogen (secondary N) is 2. The Kier molecular flexibility index (Phi) is 5.19. The van der Waals surface area contributed by atoms with Gasteiger partial charge < -0.3 is 9.97 Å². The van der Waals surface area contributed by atoms with E-state index in [0.29, 0.717) is 32.6 Å². The quantitative estimate of drug-likeness (QED) is 0.225. The molecule has 38 heavy (non-hydrogen) atoms. The molecule has 0 aliphatic carbocycles. The van der Waals surface area contributed by atoms with Crippen LogP contribution in [-0.4, -0.2) is 9.97 Å². The summed E-state index contributed by atoms with van der Waals surface area (Å²) in [6, 6.07) is 23.8. The van der Waals surface area contributed by atoms with Crippen molar-refractivity contribution in [1.29, 1.82) is 0 Å². The highest BCUT2D eigenvalue weighted by Crippen LogP contribution is 2.36. The van der Waals surface area contributed by atoms with Crippen molar-refractivity contribution in [2.75, 3.05) is 0 Å². The molecule has 190 valence electrons. The molecule has 0 radical (unpaired) electrons. The maximum absolute atomic E-state index is 14.1. The first-order valence-corrected chi connectivity index (χ1v) is 13.1. The number of rotatable bonds is 1. The average Bonchev–Trinajstić information content (AvgIpc) is 2.87. The maximum Gasteiger partial charge on any atom is 0.197 e. The van der Waals surface area contributed by atoms with Crippen molar-refractivity contribution in [3.8, 4) is 11.1 Å². The summed E-state index contributed by atoms with van der Waals surface area (Å²) >= 11 is 0. The summed E-state index contributed by atoms with van der Waals surface area (Å²) in [5.74, 6) is 0. The van der Waals surface area contributed by atoms with Gasteiger partial charge in [-0.1, -0.05) is 84.0 Å². The Balaban J connectivity index is 1.69. The molecule has 0 aliphatic heterocycles. The predicted molar refractivity (Wildman–Crippen MR) is 161 cm³/mol. The van der Waals surface area contributed by atoms with E-state index >= 15 is 0 Å². The van der Waals surface area contributed by atoms with E-state index in [2.05, 4.69) is 69.7 Å². The number of hydrogen-bond donors (Lipinski definition) is 2. The summed E-state index contributed by atoms with van der Waals surface area (Å²) in [6.45, 7) is 13.3. The number of para-hydroxylation sites is 1. The predicted octanol–water partition coefficient (Wildman–Crippen LogP) is 7.94. The molecule has 0 saturated heterocycles. The van der Waals surface area contributed by atoms with Crippen LogP contribution in [0.2, 0.25) is 0 Å². The van der Waals surface area contributed by atoms with Gasteiger partial charge in [-0.25, -0.2) is 0 Å². The molecule has 4 heteroatoms. The van der Waals surface area contributed by atoms with Crippen LogP contribution in [0.15, 0.2) is 82.4 Å². The van der Waals surface area contributed by atoms with Crippen LogP contribution in [-0.2, 0) is 10.8 Å². The molecular weight excluding hydrogens is 468 g/mol. The Morgan fingerprint density at radius 2 is 1.08 bits per heavy atom. The van der Waals surface area contributed by atoms with Crippen molar-refractivity contribution in [1.82, 2.24) is 9.97 Å². The maximum atomic E-state index is 14.1. The van der Waals surface area contributed by atoms with Gasteiger partial charge in [-0.3, -0.25) is 9.59 Å². The first-order valence-electron chi connectivity index (χ1n) is 13.1. The standard InChI is InChI=1S/C34H32N2O2/c1-33(2,3)20-14-19(15-21(16-20)34(4,5)6)22-11-9-13-27-30(22)32(38)25-18-28-24(17-29(25)36-27)31(37)23-10-7-8-12-26(23)35-28/h7-18H,1-6H3,(H,35,37)(H,36,38). The third kappa shape index (κ3) is 3.83. The van der Waals surface area contributed by atoms with Crippen LogP contribution in [0.5, 0.6) is 0 Å². The van der Waals surface area contributed by atoms with Gasteiger partial charge in [0, 0.05) is 21.7 Å². The fourth-order valence-corrected chi connectivity index (χ4v) is 5.33. The van der Waals surface area contributed by atoms with Crippen LogP contribution in [0.25, 0.3) is 54.7 Å². The minimum absolute atomic E-state index is 0.0345. The molecule has 6 aromatic rings. The SMILES string of the molecule is CC(C)(C)c1cc(-c2cccc3[nH]c4cc5c(=O)c6ccccc6[nH]c5cc4c(=O)c23)cc(C(C)(C)C)c1. The average molecular weight is 501 g/mol. The van der Waals surface area contributed by atoms with Gasteiger partial charge in [0.2, 0.25) is 0 Å². The summed E-state index contributed by atoms with van der Waals surface area (Å²) in [4.78, 5) is 34.2. The first kappa shape index (κ1) is 24.2. The van der Waals surface area contributed by atoms with E-state index in [4.69, 9.17) is 0 Å². The van der Waals surface area contributed by atoms with E-state index in [1.54, 1.807) is 6.07 Å². The van der Waals surface area contributed by atoms with E-state index in [9.17, 15) is 9.59 Å². The van der Waals surface area contributed by atoms with Crippen molar-refractivity contribution in [2.45, 2.75) is 52.4 Å². The molecule has 4 nitrogen and oxygen atoms in total. The summed E-state index contributed by atoms with van der Waals surface area (Å²) in [5, 5.41) is 2.42. The van der Waals surface area contributed by atoms with Gasteiger partial charge >= 0.3 is 0 Å². The fourth-order valence-electron chi connectivity index (χ4n) is 5.33. The molecule has 0 saturated carbocycles. The van der Waals surface area contributed by atoms with Crippen molar-refractivity contribution >= 4 is 43.6 Å². The monoisotopic (exact) mass is 500 g/mol. The van der Waals surface area contributed by atoms with Gasteiger partial charge in [-0.05, 0) is 63.4 Å². The third-order valence-corrected chi connectivity index (χ3v) is 7.62. The summed E-state index contributed by atoms with van der Waals surface area (Å²) in [5.41, 5.74) is 7.12. The highest BCUT2D eigenvalue weighted by atomic mass is 16.1. The molecule has 6 rings (SSSR count). The molecule has 2 aromatic heterocycles. The molecule has 0 bridgehead atoms. The normalized spacial score (nSPS) is 12.7. The summed E-state index contributed by atoms with van der Waals surface area (Å²) < 4.78 is 0. The lowest BCUT2D eigenvalue weighted by molar-refractivity contribution is 0.569. The number of benzene rings is 4. The molecule has 0 unspecified atom stereocenters. The molecule has 0 atom stereocenters. The Hall–Kier alpha value is -4.18. The zero-order valence-corrected chi connectivity index (χ0v) is 22.7. The number of fused-ring (bicyclic) bond motifs is 4. The highest BCUT2D eigenvalue weighted by molar-refractivity contribution is 6.05. The minimum atomic E-state index is -0.0428. The van der Waals surface area contributed by atoms with Gasteiger partial charge in [0.15, 0.2) is 10.9 Å². The Bertz CT molecular complexity index is 2000. The van der Waals surface area contributed by atoms with Crippen LogP contribution < -0.4 is 10.9 Å². The summed E-state index contributed by atoms with van der Waals surface area (Å²) in [7, 11) is 0. The van der Waals surface area contributed by atoms with Gasteiger partial charge in [0.25, 0.3) is 0 Å². The number of aromatic nitrogens is 2. The Morgan fingerprint density at radius 1 is 0.526 bits per heavy atom. The van der Waals surface area contributed by atoms with Crippen molar-refractivity contribution < 1.29 is 0 Å². The molecule has 0 amide bonds.